The molecule has 5 rings (SSSR count). The van der Waals surface area contributed by atoms with Crippen molar-refractivity contribution < 1.29 is 4.79 Å². The van der Waals surface area contributed by atoms with Crippen LogP contribution in [0.3, 0.4) is 0 Å². The number of pyridine rings is 3. The second-order valence-corrected chi connectivity index (χ2v) is 8.61. The molecule has 0 spiro atoms. The summed E-state index contributed by atoms with van der Waals surface area (Å²) in [4.78, 5) is 35.4. The lowest BCUT2D eigenvalue weighted by molar-refractivity contribution is 0.0940. The SMILES string of the molecule is Cc1ccc(-n2c([C@H](C)NC(=O)c3cncc4cccnc34)cc3cccc(Cl)c3c2=O)cc1. The number of aryl methyl sites for hydroxylation is 1. The maximum absolute atomic E-state index is 13.6. The van der Waals surface area contributed by atoms with Crippen LogP contribution in [-0.2, 0) is 0 Å². The number of carbonyl (C=O) groups is 1. The van der Waals surface area contributed by atoms with Gasteiger partial charge in [-0.05, 0) is 55.6 Å². The molecule has 3 heterocycles. The van der Waals surface area contributed by atoms with Gasteiger partial charge < -0.3 is 5.32 Å². The summed E-state index contributed by atoms with van der Waals surface area (Å²) in [5.74, 6) is -0.321. The topological polar surface area (TPSA) is 76.9 Å². The van der Waals surface area contributed by atoms with Crippen LogP contribution in [0, 0.1) is 6.92 Å². The van der Waals surface area contributed by atoms with Crippen molar-refractivity contribution in [3.05, 3.63) is 111 Å². The normalized spacial score (nSPS) is 12.1. The van der Waals surface area contributed by atoms with Crippen molar-refractivity contribution in [3.63, 3.8) is 0 Å². The lowest BCUT2D eigenvalue weighted by Gasteiger charge is -2.21. The summed E-state index contributed by atoms with van der Waals surface area (Å²) in [5, 5.41) is 5.34. The Kier molecular flexibility index (Phi) is 5.59. The van der Waals surface area contributed by atoms with Gasteiger partial charge in [0.15, 0.2) is 0 Å². The minimum absolute atomic E-state index is 0.239. The second kappa shape index (κ2) is 8.72. The first-order chi connectivity index (χ1) is 16.4. The van der Waals surface area contributed by atoms with Crippen molar-refractivity contribution in [3.8, 4) is 5.69 Å². The molecule has 34 heavy (non-hydrogen) atoms. The van der Waals surface area contributed by atoms with Crippen LogP contribution in [0.25, 0.3) is 27.4 Å². The van der Waals surface area contributed by atoms with E-state index in [1.807, 2.05) is 56.3 Å². The highest BCUT2D eigenvalue weighted by molar-refractivity contribution is 6.35. The number of hydrogen-bond acceptors (Lipinski definition) is 4. The fourth-order valence-corrected chi connectivity index (χ4v) is 4.40. The van der Waals surface area contributed by atoms with Crippen molar-refractivity contribution in [1.29, 1.82) is 0 Å². The summed E-state index contributed by atoms with van der Waals surface area (Å²) in [7, 11) is 0. The molecule has 0 saturated carbocycles. The van der Waals surface area contributed by atoms with E-state index in [1.54, 1.807) is 35.2 Å². The highest BCUT2D eigenvalue weighted by atomic mass is 35.5. The van der Waals surface area contributed by atoms with Crippen LogP contribution in [0.5, 0.6) is 0 Å². The minimum atomic E-state index is -0.496. The minimum Gasteiger partial charge on any atom is -0.344 e. The van der Waals surface area contributed by atoms with E-state index in [2.05, 4.69) is 15.3 Å². The number of fused-ring (bicyclic) bond motifs is 2. The zero-order chi connectivity index (χ0) is 23.8. The highest BCUT2D eigenvalue weighted by Gasteiger charge is 2.21. The Balaban J connectivity index is 1.63. The summed E-state index contributed by atoms with van der Waals surface area (Å²) < 4.78 is 1.61. The molecule has 0 saturated heterocycles. The average Bonchev–Trinajstić information content (AvgIpc) is 2.84. The van der Waals surface area contributed by atoms with E-state index in [1.165, 1.54) is 6.20 Å². The zero-order valence-electron chi connectivity index (χ0n) is 18.6. The van der Waals surface area contributed by atoms with Crippen LogP contribution in [0.2, 0.25) is 5.02 Å². The molecule has 5 aromatic rings. The molecule has 0 aliphatic carbocycles. The zero-order valence-corrected chi connectivity index (χ0v) is 19.4. The molecule has 1 atom stereocenters. The number of carbonyl (C=O) groups excluding carboxylic acids is 1. The summed E-state index contributed by atoms with van der Waals surface area (Å²) in [5.41, 5.74) is 3.12. The number of amides is 1. The monoisotopic (exact) mass is 468 g/mol. The molecule has 7 heteroatoms. The van der Waals surface area contributed by atoms with E-state index < -0.39 is 6.04 Å². The van der Waals surface area contributed by atoms with Gasteiger partial charge in [0.2, 0.25) is 0 Å². The molecule has 168 valence electrons. The van der Waals surface area contributed by atoms with Crippen LogP contribution in [0.4, 0.5) is 0 Å². The van der Waals surface area contributed by atoms with Crippen LogP contribution in [0.1, 0.15) is 34.6 Å². The lowest BCUT2D eigenvalue weighted by atomic mass is 10.1. The van der Waals surface area contributed by atoms with E-state index in [4.69, 9.17) is 11.6 Å². The van der Waals surface area contributed by atoms with Crippen molar-refractivity contribution in [1.82, 2.24) is 19.9 Å². The number of halogens is 1. The highest BCUT2D eigenvalue weighted by Crippen LogP contribution is 2.26. The van der Waals surface area contributed by atoms with Crippen LogP contribution >= 0.6 is 11.6 Å². The molecule has 0 radical (unpaired) electrons. The molecule has 0 unspecified atom stereocenters. The first kappa shape index (κ1) is 21.8. The molecular formula is C27H21ClN4O2. The molecule has 1 amide bonds. The molecular weight excluding hydrogens is 448 g/mol. The molecule has 0 aliphatic rings. The molecule has 0 fully saturated rings. The Morgan fingerprint density at radius 2 is 1.79 bits per heavy atom. The van der Waals surface area contributed by atoms with Gasteiger partial charge in [-0.3, -0.25) is 24.1 Å². The summed E-state index contributed by atoms with van der Waals surface area (Å²) in [6, 6.07) is 18.1. The van der Waals surface area contributed by atoms with Gasteiger partial charge in [0.1, 0.15) is 0 Å². The Hall–Kier alpha value is -4.03. The maximum atomic E-state index is 13.6. The second-order valence-electron chi connectivity index (χ2n) is 8.21. The van der Waals surface area contributed by atoms with Gasteiger partial charge in [-0.25, -0.2) is 0 Å². The molecule has 1 N–H and O–H groups in total. The molecule has 0 aliphatic heterocycles. The van der Waals surface area contributed by atoms with E-state index in [0.29, 0.717) is 38.3 Å². The average molecular weight is 469 g/mol. The van der Waals surface area contributed by atoms with Crippen molar-refractivity contribution in [2.45, 2.75) is 19.9 Å². The van der Waals surface area contributed by atoms with Gasteiger partial charge in [-0.15, -0.1) is 0 Å². The Labute approximate surface area is 200 Å². The fourth-order valence-electron chi connectivity index (χ4n) is 4.13. The van der Waals surface area contributed by atoms with Gasteiger partial charge in [0.05, 0.1) is 27.5 Å². The van der Waals surface area contributed by atoms with Gasteiger partial charge in [0, 0.05) is 35.4 Å². The predicted octanol–water partition coefficient (Wildman–Crippen LogP) is 5.39. The maximum Gasteiger partial charge on any atom is 0.264 e. The standard InChI is InChI=1S/C27H21ClN4O2/c1-16-8-10-20(11-9-16)32-23(13-18-5-3-7-22(28)24(18)27(32)34)17(2)31-26(33)21-15-29-14-19-6-4-12-30-25(19)21/h3-15,17H,1-2H3,(H,31,33)/t17-/m0/s1. The van der Waals surface area contributed by atoms with Crippen LogP contribution in [-0.4, -0.2) is 20.4 Å². The van der Waals surface area contributed by atoms with E-state index in [9.17, 15) is 9.59 Å². The summed E-state index contributed by atoms with van der Waals surface area (Å²) in [6.07, 6.45) is 4.82. The molecule has 6 nitrogen and oxygen atoms in total. The Bertz CT molecular complexity index is 1600. The third-order valence-electron chi connectivity index (χ3n) is 5.86. The number of aromatic nitrogens is 3. The molecule has 0 bridgehead atoms. The van der Waals surface area contributed by atoms with Gasteiger partial charge in [-0.1, -0.05) is 41.4 Å². The fraction of sp³-hybridized carbons (Fsp3) is 0.111. The van der Waals surface area contributed by atoms with Gasteiger partial charge in [-0.2, -0.15) is 0 Å². The van der Waals surface area contributed by atoms with Crippen molar-refractivity contribution >= 4 is 39.2 Å². The number of nitrogens with one attached hydrogen (secondary N) is 1. The quantitative estimate of drug-likeness (QED) is 0.384. The predicted molar refractivity (Wildman–Crippen MR) is 135 cm³/mol. The first-order valence-electron chi connectivity index (χ1n) is 10.8. The number of rotatable bonds is 4. The number of hydrogen-bond donors (Lipinski definition) is 1. The number of benzene rings is 2. The van der Waals surface area contributed by atoms with E-state index in [-0.39, 0.29) is 11.5 Å². The lowest BCUT2D eigenvalue weighted by Crippen LogP contribution is -2.32. The third kappa shape index (κ3) is 3.82. The Morgan fingerprint density at radius 1 is 1.03 bits per heavy atom. The summed E-state index contributed by atoms with van der Waals surface area (Å²) >= 11 is 6.40. The third-order valence-corrected chi connectivity index (χ3v) is 6.18. The largest absolute Gasteiger partial charge is 0.344 e. The molecule has 3 aromatic heterocycles. The van der Waals surface area contributed by atoms with Crippen LogP contribution in [0.15, 0.2) is 84.0 Å². The number of nitrogens with zero attached hydrogens (tertiary/aromatic N) is 3. The van der Waals surface area contributed by atoms with Crippen molar-refractivity contribution in [2.75, 3.05) is 0 Å². The van der Waals surface area contributed by atoms with E-state index >= 15 is 0 Å². The van der Waals surface area contributed by atoms with Crippen molar-refractivity contribution in [2.24, 2.45) is 0 Å². The smallest absolute Gasteiger partial charge is 0.264 e. The van der Waals surface area contributed by atoms with Crippen LogP contribution < -0.4 is 10.9 Å². The Morgan fingerprint density at radius 3 is 2.59 bits per heavy atom. The summed E-state index contributed by atoms with van der Waals surface area (Å²) in [6.45, 7) is 3.83. The van der Waals surface area contributed by atoms with E-state index in [0.717, 1.165) is 10.9 Å². The molecule has 2 aromatic carbocycles. The van der Waals surface area contributed by atoms with Gasteiger partial charge >= 0.3 is 0 Å². The van der Waals surface area contributed by atoms with Gasteiger partial charge in [0.25, 0.3) is 11.5 Å². The first-order valence-corrected chi connectivity index (χ1v) is 11.2.